The molecule has 4 nitrogen and oxygen atoms in total. The van der Waals surface area contributed by atoms with Gasteiger partial charge in [0.1, 0.15) is 0 Å². The molecular formula is C17H20O4. The molecule has 1 aliphatic carbocycles. The lowest BCUT2D eigenvalue weighted by molar-refractivity contribution is -0.115. The minimum absolute atomic E-state index is 0.104. The van der Waals surface area contributed by atoms with Crippen LogP contribution >= 0.6 is 0 Å². The number of carbonyl (C=O) groups is 1. The van der Waals surface area contributed by atoms with E-state index in [4.69, 9.17) is 14.2 Å². The zero-order chi connectivity index (χ0) is 15.4. The number of benzene rings is 1. The van der Waals surface area contributed by atoms with E-state index in [9.17, 15) is 4.79 Å². The van der Waals surface area contributed by atoms with Crippen molar-refractivity contribution in [3.63, 3.8) is 0 Å². The van der Waals surface area contributed by atoms with Crippen molar-refractivity contribution in [2.75, 3.05) is 21.3 Å². The smallest absolute Gasteiger partial charge is 0.203 e. The largest absolute Gasteiger partial charge is 0.493 e. The van der Waals surface area contributed by atoms with Gasteiger partial charge in [-0.3, -0.25) is 4.79 Å². The van der Waals surface area contributed by atoms with Crippen molar-refractivity contribution >= 4 is 11.9 Å². The highest BCUT2D eigenvalue weighted by Gasteiger charge is 2.22. The fourth-order valence-electron chi connectivity index (χ4n) is 2.59. The molecule has 1 aromatic carbocycles. The third-order valence-electron chi connectivity index (χ3n) is 3.65. The van der Waals surface area contributed by atoms with Gasteiger partial charge < -0.3 is 14.2 Å². The normalized spacial score (nSPS) is 16.9. The van der Waals surface area contributed by atoms with Gasteiger partial charge in [0.15, 0.2) is 17.3 Å². The third-order valence-corrected chi connectivity index (χ3v) is 3.65. The van der Waals surface area contributed by atoms with Crippen molar-refractivity contribution in [3.8, 4) is 17.2 Å². The number of fused-ring (bicyclic) bond motifs is 1. The van der Waals surface area contributed by atoms with Gasteiger partial charge in [0.25, 0.3) is 0 Å². The minimum Gasteiger partial charge on any atom is -0.493 e. The molecule has 0 aliphatic heterocycles. The average Bonchev–Trinajstić information content (AvgIpc) is 2.49. The number of methoxy groups -OCH3 is 3. The van der Waals surface area contributed by atoms with Crippen molar-refractivity contribution in [1.29, 1.82) is 0 Å². The maximum absolute atomic E-state index is 12.0. The molecule has 0 atom stereocenters. The predicted octanol–water partition coefficient (Wildman–Crippen LogP) is 3.19. The van der Waals surface area contributed by atoms with Gasteiger partial charge in [0, 0.05) is 17.6 Å². The quantitative estimate of drug-likeness (QED) is 0.853. The maximum Gasteiger partial charge on any atom is 0.203 e. The molecule has 0 aromatic heterocycles. The molecule has 1 aromatic rings. The summed E-state index contributed by atoms with van der Waals surface area (Å²) in [5.74, 6) is 1.85. The zero-order valence-corrected chi connectivity index (χ0v) is 12.7. The highest BCUT2D eigenvalue weighted by Crippen LogP contribution is 2.44. The van der Waals surface area contributed by atoms with Gasteiger partial charge in [0.05, 0.1) is 21.3 Å². The van der Waals surface area contributed by atoms with Gasteiger partial charge >= 0.3 is 0 Å². The van der Waals surface area contributed by atoms with E-state index in [2.05, 4.69) is 6.58 Å². The number of allylic oxidation sites excluding steroid dienone is 2. The first-order valence-electron chi connectivity index (χ1n) is 6.85. The standard InChI is InChI=1S/C17H20O4/c1-5-11-9-13-12(7-6-8-14(11)18)10-15(19-2)17(21-4)16(13)20-3/h5,9-10H,1,6-8H2,2-4H3/b11-9-. The Morgan fingerprint density at radius 2 is 1.81 bits per heavy atom. The summed E-state index contributed by atoms with van der Waals surface area (Å²) in [7, 11) is 4.75. The predicted molar refractivity (Wildman–Crippen MR) is 82.2 cm³/mol. The lowest BCUT2D eigenvalue weighted by Gasteiger charge is -2.20. The van der Waals surface area contributed by atoms with Crippen LogP contribution in [-0.2, 0) is 11.2 Å². The van der Waals surface area contributed by atoms with E-state index in [1.807, 2.05) is 12.1 Å². The number of ketones is 1. The van der Waals surface area contributed by atoms with Crippen LogP contribution in [0.15, 0.2) is 24.3 Å². The summed E-state index contributed by atoms with van der Waals surface area (Å²) in [6.45, 7) is 3.73. The van der Waals surface area contributed by atoms with E-state index in [1.54, 1.807) is 27.4 Å². The van der Waals surface area contributed by atoms with Gasteiger partial charge in [-0.2, -0.15) is 0 Å². The molecule has 21 heavy (non-hydrogen) atoms. The van der Waals surface area contributed by atoms with Crippen LogP contribution in [0.3, 0.4) is 0 Å². The number of Topliss-reactive ketones (excluding diaryl/α,β-unsaturated/α-hetero) is 1. The average molecular weight is 288 g/mol. The Morgan fingerprint density at radius 1 is 1.10 bits per heavy atom. The molecule has 0 saturated carbocycles. The number of hydrogen-bond donors (Lipinski definition) is 0. The summed E-state index contributed by atoms with van der Waals surface area (Å²) in [5, 5.41) is 0. The molecule has 0 heterocycles. The second kappa shape index (κ2) is 6.48. The molecule has 0 amide bonds. The van der Waals surface area contributed by atoms with E-state index in [-0.39, 0.29) is 5.78 Å². The minimum atomic E-state index is 0.104. The van der Waals surface area contributed by atoms with Crippen LogP contribution in [0.4, 0.5) is 0 Å². The molecule has 0 fully saturated rings. The molecule has 0 saturated heterocycles. The maximum atomic E-state index is 12.0. The second-order valence-electron chi connectivity index (χ2n) is 4.80. The lowest BCUT2D eigenvalue weighted by atomic mass is 9.92. The first-order chi connectivity index (χ1) is 10.2. The van der Waals surface area contributed by atoms with Crippen LogP contribution in [0.25, 0.3) is 6.08 Å². The summed E-state index contributed by atoms with van der Waals surface area (Å²) < 4.78 is 16.3. The summed E-state index contributed by atoms with van der Waals surface area (Å²) in [5.41, 5.74) is 2.54. The van der Waals surface area contributed by atoms with Crippen LogP contribution in [0.1, 0.15) is 24.0 Å². The molecule has 0 unspecified atom stereocenters. The Bertz CT molecular complexity index is 599. The molecule has 0 bridgehead atoms. The Labute approximate surface area is 125 Å². The zero-order valence-electron chi connectivity index (χ0n) is 12.7. The fourth-order valence-corrected chi connectivity index (χ4v) is 2.59. The first kappa shape index (κ1) is 15.2. The van der Waals surface area contributed by atoms with Crippen molar-refractivity contribution in [3.05, 3.63) is 35.4 Å². The van der Waals surface area contributed by atoms with Gasteiger partial charge in [-0.05, 0) is 30.5 Å². The number of aryl methyl sites for hydroxylation is 1. The number of rotatable bonds is 4. The first-order valence-corrected chi connectivity index (χ1v) is 6.85. The van der Waals surface area contributed by atoms with Gasteiger partial charge in [-0.1, -0.05) is 12.7 Å². The van der Waals surface area contributed by atoms with E-state index >= 15 is 0 Å². The molecule has 2 rings (SSSR count). The SMILES string of the molecule is C=C/C1=C/c2c(cc(OC)c(OC)c2OC)CCCC1=O. The Morgan fingerprint density at radius 3 is 2.38 bits per heavy atom. The molecule has 0 spiro atoms. The van der Waals surface area contributed by atoms with E-state index in [1.165, 1.54) is 0 Å². The topological polar surface area (TPSA) is 44.8 Å². The fraction of sp³-hybridized carbons (Fsp3) is 0.353. The summed E-state index contributed by atoms with van der Waals surface area (Å²) >= 11 is 0. The Hall–Kier alpha value is -2.23. The molecule has 1 aliphatic rings. The van der Waals surface area contributed by atoms with Crippen LogP contribution in [-0.4, -0.2) is 27.1 Å². The molecule has 0 N–H and O–H groups in total. The molecular weight excluding hydrogens is 268 g/mol. The molecule has 112 valence electrons. The van der Waals surface area contributed by atoms with E-state index in [0.29, 0.717) is 29.2 Å². The van der Waals surface area contributed by atoms with Gasteiger partial charge in [0.2, 0.25) is 5.75 Å². The summed E-state index contributed by atoms with van der Waals surface area (Å²) in [6, 6.07) is 1.95. The van der Waals surface area contributed by atoms with Crippen LogP contribution in [0.2, 0.25) is 0 Å². The van der Waals surface area contributed by atoms with Crippen LogP contribution < -0.4 is 14.2 Å². The second-order valence-corrected chi connectivity index (χ2v) is 4.80. The highest BCUT2D eigenvalue weighted by molar-refractivity contribution is 6.03. The van der Waals surface area contributed by atoms with Gasteiger partial charge in [-0.25, -0.2) is 0 Å². The van der Waals surface area contributed by atoms with Crippen molar-refractivity contribution in [2.24, 2.45) is 0 Å². The van der Waals surface area contributed by atoms with Crippen LogP contribution in [0, 0.1) is 0 Å². The molecule has 4 heteroatoms. The van der Waals surface area contributed by atoms with Gasteiger partial charge in [-0.15, -0.1) is 0 Å². The van der Waals surface area contributed by atoms with Crippen LogP contribution in [0.5, 0.6) is 17.2 Å². The number of carbonyl (C=O) groups excluding carboxylic acids is 1. The van der Waals surface area contributed by atoms with Crippen molar-refractivity contribution in [1.82, 2.24) is 0 Å². The lowest BCUT2D eigenvalue weighted by Crippen LogP contribution is -2.07. The highest BCUT2D eigenvalue weighted by atomic mass is 16.5. The third kappa shape index (κ3) is 2.79. The molecule has 0 radical (unpaired) electrons. The summed E-state index contributed by atoms with van der Waals surface area (Å²) in [6.07, 6.45) is 5.51. The number of ether oxygens (including phenoxy) is 3. The Kier molecular flexibility index (Phi) is 4.68. The summed E-state index contributed by atoms with van der Waals surface area (Å²) in [4.78, 5) is 12.0. The van der Waals surface area contributed by atoms with Crippen molar-refractivity contribution in [2.45, 2.75) is 19.3 Å². The Balaban J connectivity index is 2.74. The number of hydrogen-bond acceptors (Lipinski definition) is 4. The van der Waals surface area contributed by atoms with E-state index in [0.717, 1.165) is 24.0 Å². The monoisotopic (exact) mass is 288 g/mol. The van der Waals surface area contributed by atoms with E-state index < -0.39 is 0 Å². The van der Waals surface area contributed by atoms with Crippen molar-refractivity contribution < 1.29 is 19.0 Å².